The maximum atomic E-state index is 12.5. The molecular formula is C26H30N2O6P2. The minimum absolute atomic E-state index is 0.263. The van der Waals surface area contributed by atoms with Crippen molar-refractivity contribution in [1.82, 2.24) is 9.34 Å². The van der Waals surface area contributed by atoms with E-state index in [-0.39, 0.29) is 48.8 Å². The number of esters is 2. The largest absolute Gasteiger partial charge is 0.456 e. The summed E-state index contributed by atoms with van der Waals surface area (Å²) in [6, 6.07) is 13.4. The summed E-state index contributed by atoms with van der Waals surface area (Å²) in [7, 11) is 5.05. The molecule has 2 aromatic carbocycles. The van der Waals surface area contributed by atoms with Crippen molar-refractivity contribution in [1.29, 1.82) is 0 Å². The average Bonchev–Trinajstić information content (AvgIpc) is 3.53. The number of nitrogens with zero attached hydrogens (tertiary/aromatic N) is 2. The molecule has 36 heavy (non-hydrogen) atoms. The van der Waals surface area contributed by atoms with Crippen molar-refractivity contribution < 1.29 is 28.7 Å². The lowest BCUT2D eigenvalue weighted by atomic mass is 10.0. The molecule has 10 heteroatoms. The number of ether oxygens (including phenoxy) is 2. The van der Waals surface area contributed by atoms with Gasteiger partial charge in [-0.3, -0.25) is 28.5 Å². The van der Waals surface area contributed by atoms with Crippen LogP contribution in [-0.4, -0.2) is 71.2 Å². The molecule has 190 valence electrons. The smallest absolute Gasteiger partial charge is 0.324 e. The minimum Gasteiger partial charge on any atom is -0.456 e. The van der Waals surface area contributed by atoms with Crippen molar-refractivity contribution >= 4 is 42.3 Å². The van der Waals surface area contributed by atoms with Crippen LogP contribution in [0.3, 0.4) is 0 Å². The van der Waals surface area contributed by atoms with E-state index in [0.29, 0.717) is 11.1 Å². The van der Waals surface area contributed by atoms with Gasteiger partial charge in [-0.05, 0) is 36.8 Å². The Morgan fingerprint density at radius 3 is 1.33 bits per heavy atom. The number of hydrogen-bond acceptors (Lipinski definition) is 8. The normalized spacial score (nSPS) is 20.3. The molecule has 0 spiro atoms. The molecule has 2 unspecified atom stereocenters. The van der Waals surface area contributed by atoms with Gasteiger partial charge in [-0.1, -0.05) is 67.3 Å². The summed E-state index contributed by atoms with van der Waals surface area (Å²) < 4.78 is 14.2. The van der Waals surface area contributed by atoms with Gasteiger partial charge in [0.05, 0.1) is 0 Å². The Balaban J connectivity index is 1.28. The zero-order valence-corrected chi connectivity index (χ0v) is 22.2. The lowest BCUT2D eigenvalue weighted by Gasteiger charge is -2.17. The summed E-state index contributed by atoms with van der Waals surface area (Å²) in [5.74, 6) is -1.27. The molecule has 0 radical (unpaired) electrons. The molecule has 0 aliphatic carbocycles. The maximum absolute atomic E-state index is 12.5. The van der Waals surface area contributed by atoms with Gasteiger partial charge in [0.15, 0.2) is 24.8 Å². The second-order valence-electron chi connectivity index (χ2n) is 9.01. The second-order valence-corrected chi connectivity index (χ2v) is 10.3. The van der Waals surface area contributed by atoms with E-state index >= 15 is 0 Å². The van der Waals surface area contributed by atoms with Crippen molar-refractivity contribution in [3.8, 4) is 11.1 Å². The van der Waals surface area contributed by atoms with E-state index in [2.05, 4.69) is 18.8 Å². The van der Waals surface area contributed by atoms with Crippen LogP contribution in [0.1, 0.15) is 46.4 Å². The van der Waals surface area contributed by atoms with E-state index in [9.17, 15) is 19.2 Å². The molecule has 0 amide bonds. The predicted octanol–water partition coefficient (Wildman–Crippen LogP) is 3.31. The van der Waals surface area contributed by atoms with Crippen LogP contribution in [0, 0.1) is 0 Å². The molecule has 2 saturated heterocycles. The molecule has 2 aliphatic heterocycles. The Bertz CT molecular complexity index is 1030. The van der Waals surface area contributed by atoms with Crippen molar-refractivity contribution in [2.45, 2.75) is 37.8 Å². The zero-order chi connectivity index (χ0) is 25.7. The molecular weight excluding hydrogens is 498 g/mol. The van der Waals surface area contributed by atoms with Gasteiger partial charge in [0.1, 0.15) is 12.1 Å². The average molecular weight is 528 g/mol. The van der Waals surface area contributed by atoms with Gasteiger partial charge in [-0.15, -0.1) is 0 Å². The standard InChI is InChI=1S/C26H30N2O6P2/c29-23(15-33-25(31)21-3-1-13-27(21)35)19-9-5-17(6-10-19)18-7-11-20(12-8-18)24(30)16-34-26(32)22-4-2-14-28(22)36/h5-12,21-22H,1-4,13-16,35-36H2/t21-,22+. The van der Waals surface area contributed by atoms with E-state index in [4.69, 9.17) is 9.47 Å². The van der Waals surface area contributed by atoms with Crippen LogP contribution in [0.2, 0.25) is 0 Å². The van der Waals surface area contributed by atoms with Crippen LogP contribution < -0.4 is 0 Å². The first-order valence-corrected chi connectivity index (χ1v) is 13.0. The van der Waals surface area contributed by atoms with E-state index in [1.165, 1.54) is 0 Å². The Hall–Kier alpha value is -2.50. The highest BCUT2D eigenvalue weighted by Gasteiger charge is 2.30. The highest BCUT2D eigenvalue weighted by molar-refractivity contribution is 7.13. The van der Waals surface area contributed by atoms with Crippen LogP contribution in [-0.2, 0) is 19.1 Å². The highest BCUT2D eigenvalue weighted by atomic mass is 31.0. The summed E-state index contributed by atoms with van der Waals surface area (Å²) in [5, 5.41) is 0. The first-order chi connectivity index (χ1) is 17.3. The third-order valence-electron chi connectivity index (χ3n) is 6.57. The summed E-state index contributed by atoms with van der Waals surface area (Å²) in [4.78, 5) is 49.2. The van der Waals surface area contributed by atoms with Gasteiger partial charge < -0.3 is 9.47 Å². The van der Waals surface area contributed by atoms with Crippen LogP contribution in [0.25, 0.3) is 11.1 Å². The summed E-state index contributed by atoms with van der Waals surface area (Å²) in [6.45, 7) is 1.06. The fraction of sp³-hybridized carbons (Fsp3) is 0.385. The van der Waals surface area contributed by atoms with E-state index in [1.54, 1.807) is 24.3 Å². The molecule has 0 N–H and O–H groups in total. The van der Waals surface area contributed by atoms with Gasteiger partial charge in [0.2, 0.25) is 0 Å². The number of benzene rings is 2. The molecule has 0 aromatic heterocycles. The molecule has 4 atom stereocenters. The molecule has 2 fully saturated rings. The number of carbonyl (C=O) groups excluding carboxylic acids is 4. The molecule has 2 aliphatic rings. The maximum Gasteiger partial charge on any atom is 0.324 e. The highest BCUT2D eigenvalue weighted by Crippen LogP contribution is 2.24. The Kier molecular flexibility index (Phi) is 8.97. The number of carbonyl (C=O) groups is 4. The van der Waals surface area contributed by atoms with Crippen molar-refractivity contribution in [2.75, 3.05) is 26.3 Å². The van der Waals surface area contributed by atoms with E-state index in [0.717, 1.165) is 49.9 Å². The topological polar surface area (TPSA) is 93.2 Å². The van der Waals surface area contributed by atoms with Gasteiger partial charge in [0, 0.05) is 24.2 Å². The number of Topliss-reactive ketones (excluding diaryl/α,β-unsaturated/α-hetero) is 2. The summed E-state index contributed by atoms with van der Waals surface area (Å²) >= 11 is 0. The monoisotopic (exact) mass is 528 g/mol. The first-order valence-electron chi connectivity index (χ1n) is 12.0. The van der Waals surface area contributed by atoms with E-state index in [1.807, 2.05) is 33.6 Å². The van der Waals surface area contributed by atoms with Crippen LogP contribution in [0.4, 0.5) is 0 Å². The zero-order valence-electron chi connectivity index (χ0n) is 19.9. The van der Waals surface area contributed by atoms with Gasteiger partial charge in [-0.25, -0.2) is 0 Å². The van der Waals surface area contributed by atoms with Gasteiger partial charge in [0.25, 0.3) is 0 Å². The van der Waals surface area contributed by atoms with Crippen molar-refractivity contribution in [3.63, 3.8) is 0 Å². The lowest BCUT2D eigenvalue weighted by molar-refractivity contribution is -0.146. The van der Waals surface area contributed by atoms with Crippen LogP contribution in [0.15, 0.2) is 48.5 Å². The Morgan fingerprint density at radius 2 is 1.03 bits per heavy atom. The third kappa shape index (κ3) is 6.43. The van der Waals surface area contributed by atoms with Crippen LogP contribution in [0.5, 0.6) is 0 Å². The first kappa shape index (κ1) is 26.6. The fourth-order valence-corrected chi connectivity index (χ4v) is 5.32. The molecule has 4 rings (SSSR count). The van der Waals surface area contributed by atoms with Crippen LogP contribution >= 0.6 is 18.8 Å². The summed E-state index contributed by atoms with van der Waals surface area (Å²) in [5.41, 5.74) is 2.67. The lowest BCUT2D eigenvalue weighted by Crippen LogP contribution is -2.32. The predicted molar refractivity (Wildman–Crippen MR) is 141 cm³/mol. The quantitative estimate of drug-likeness (QED) is 0.278. The number of ketones is 2. The second kappa shape index (κ2) is 12.2. The molecule has 2 aromatic rings. The molecule has 0 saturated carbocycles. The fourth-order valence-electron chi connectivity index (χ4n) is 4.41. The van der Waals surface area contributed by atoms with Crippen molar-refractivity contribution in [3.05, 3.63) is 59.7 Å². The number of rotatable bonds is 9. The SMILES string of the molecule is O=C(COC(=O)[C@H]1CCCN1P)c1ccc(-c2ccc(C(=O)COC(=O)[C@@H]3CCCN3P)cc2)cc1. The summed E-state index contributed by atoms with van der Waals surface area (Å²) in [6.07, 6.45) is 3.33. The van der Waals surface area contributed by atoms with Crippen molar-refractivity contribution in [2.24, 2.45) is 0 Å². The molecule has 8 nitrogen and oxygen atoms in total. The number of hydrogen-bond donors (Lipinski definition) is 0. The van der Waals surface area contributed by atoms with Gasteiger partial charge >= 0.3 is 11.9 Å². The molecule has 2 heterocycles. The third-order valence-corrected chi connectivity index (χ3v) is 7.81. The Morgan fingerprint density at radius 1 is 0.667 bits per heavy atom. The molecule has 0 bridgehead atoms. The van der Waals surface area contributed by atoms with Gasteiger partial charge in [-0.2, -0.15) is 0 Å². The minimum atomic E-state index is -0.373. The van der Waals surface area contributed by atoms with E-state index < -0.39 is 0 Å². The Labute approximate surface area is 215 Å².